The van der Waals surface area contributed by atoms with E-state index in [1.54, 1.807) is 24.0 Å². The van der Waals surface area contributed by atoms with Crippen molar-refractivity contribution in [3.8, 4) is 5.75 Å². The number of aromatic nitrogens is 2. The number of hydrogen-bond acceptors (Lipinski definition) is 3. The summed E-state index contributed by atoms with van der Waals surface area (Å²) in [6.07, 6.45) is 2.27. The van der Waals surface area contributed by atoms with Crippen molar-refractivity contribution < 1.29 is 14.2 Å². The number of halogens is 1. The maximum absolute atomic E-state index is 13.2. The number of nitrogens with zero attached hydrogens (tertiary/aromatic N) is 2. The molecule has 1 N–H and O–H groups in total. The molecule has 2 rings (SSSR count). The van der Waals surface area contributed by atoms with E-state index < -0.39 is 11.9 Å². The van der Waals surface area contributed by atoms with Gasteiger partial charge in [-0.1, -0.05) is 0 Å². The van der Waals surface area contributed by atoms with Gasteiger partial charge in [-0.25, -0.2) is 9.37 Å². The zero-order chi connectivity index (χ0) is 12.4. The van der Waals surface area contributed by atoms with Crippen LogP contribution in [0.3, 0.4) is 0 Å². The van der Waals surface area contributed by atoms with Gasteiger partial charge in [0.2, 0.25) is 0 Å². The molecule has 4 nitrogen and oxygen atoms in total. The van der Waals surface area contributed by atoms with E-state index in [1.807, 2.05) is 0 Å². The van der Waals surface area contributed by atoms with Crippen molar-refractivity contribution in [3.05, 3.63) is 47.8 Å². The van der Waals surface area contributed by atoms with Gasteiger partial charge in [-0.3, -0.25) is 0 Å². The highest BCUT2D eigenvalue weighted by Crippen LogP contribution is 2.29. The van der Waals surface area contributed by atoms with Crippen LogP contribution in [0, 0.1) is 5.82 Å². The van der Waals surface area contributed by atoms with Crippen LogP contribution in [0.15, 0.2) is 30.6 Å². The van der Waals surface area contributed by atoms with Gasteiger partial charge in [-0.15, -0.1) is 0 Å². The van der Waals surface area contributed by atoms with E-state index in [1.165, 1.54) is 25.3 Å². The Labute approximate surface area is 98.3 Å². The van der Waals surface area contributed by atoms with Gasteiger partial charge in [0.25, 0.3) is 0 Å². The Bertz CT molecular complexity index is 525. The van der Waals surface area contributed by atoms with Crippen LogP contribution in [0.1, 0.15) is 17.5 Å². The van der Waals surface area contributed by atoms with E-state index in [9.17, 15) is 9.50 Å². The van der Waals surface area contributed by atoms with Gasteiger partial charge in [0, 0.05) is 25.0 Å². The minimum Gasteiger partial charge on any atom is -0.496 e. The summed E-state index contributed by atoms with van der Waals surface area (Å²) in [6, 6.07) is 4.02. The number of imidazole rings is 1. The molecule has 1 unspecified atom stereocenters. The van der Waals surface area contributed by atoms with E-state index in [0.717, 1.165) is 0 Å². The molecule has 2 aromatic rings. The molecule has 0 aliphatic rings. The van der Waals surface area contributed by atoms with Crippen LogP contribution >= 0.6 is 0 Å². The SMILES string of the molecule is COc1ccc(F)cc1C(O)c1nccn1C. The Morgan fingerprint density at radius 1 is 1.47 bits per heavy atom. The van der Waals surface area contributed by atoms with Crippen molar-refractivity contribution >= 4 is 0 Å². The largest absolute Gasteiger partial charge is 0.496 e. The zero-order valence-electron chi connectivity index (χ0n) is 9.59. The number of ether oxygens (including phenoxy) is 1. The summed E-state index contributed by atoms with van der Waals surface area (Å²) in [7, 11) is 3.24. The average molecular weight is 236 g/mol. The van der Waals surface area contributed by atoms with Crippen LogP contribution in [0.5, 0.6) is 5.75 Å². The normalized spacial score (nSPS) is 12.5. The van der Waals surface area contributed by atoms with Gasteiger partial charge in [-0.05, 0) is 18.2 Å². The molecular formula is C12H13FN2O2. The van der Waals surface area contributed by atoms with Gasteiger partial charge in [0.05, 0.1) is 7.11 Å². The minimum atomic E-state index is -1.01. The molecule has 1 heterocycles. The first kappa shape index (κ1) is 11.6. The summed E-state index contributed by atoms with van der Waals surface area (Å²) in [6.45, 7) is 0. The van der Waals surface area contributed by atoms with Crippen molar-refractivity contribution in [1.82, 2.24) is 9.55 Å². The summed E-state index contributed by atoms with van der Waals surface area (Å²) < 4.78 is 20.0. The van der Waals surface area contributed by atoms with Gasteiger partial charge in [0.1, 0.15) is 23.5 Å². The monoisotopic (exact) mass is 236 g/mol. The maximum Gasteiger partial charge on any atom is 0.142 e. The van der Waals surface area contributed by atoms with E-state index in [4.69, 9.17) is 4.74 Å². The molecule has 0 spiro atoms. The molecule has 5 heteroatoms. The number of rotatable bonds is 3. The fraction of sp³-hybridized carbons (Fsp3) is 0.250. The van der Waals surface area contributed by atoms with Crippen LogP contribution in [0.25, 0.3) is 0 Å². The molecule has 90 valence electrons. The lowest BCUT2D eigenvalue weighted by Gasteiger charge is -2.14. The molecule has 0 saturated heterocycles. The zero-order valence-corrected chi connectivity index (χ0v) is 9.59. The lowest BCUT2D eigenvalue weighted by atomic mass is 10.1. The first-order chi connectivity index (χ1) is 8.13. The van der Waals surface area contributed by atoms with Crippen LogP contribution in [0.2, 0.25) is 0 Å². The molecule has 0 saturated carbocycles. The highest BCUT2D eigenvalue weighted by Gasteiger charge is 2.19. The van der Waals surface area contributed by atoms with E-state index in [-0.39, 0.29) is 0 Å². The van der Waals surface area contributed by atoms with Crippen LogP contribution in [-0.4, -0.2) is 21.8 Å². The molecule has 1 atom stereocenters. The highest BCUT2D eigenvalue weighted by molar-refractivity contribution is 5.38. The van der Waals surface area contributed by atoms with E-state index in [2.05, 4.69) is 4.98 Å². The topological polar surface area (TPSA) is 47.3 Å². The van der Waals surface area contributed by atoms with Crippen LogP contribution < -0.4 is 4.74 Å². The summed E-state index contributed by atoms with van der Waals surface area (Å²) >= 11 is 0. The first-order valence-corrected chi connectivity index (χ1v) is 5.12. The molecule has 0 fully saturated rings. The number of benzene rings is 1. The number of aliphatic hydroxyl groups excluding tert-OH is 1. The molecule has 0 radical (unpaired) electrons. The Morgan fingerprint density at radius 3 is 2.82 bits per heavy atom. The average Bonchev–Trinajstić information content (AvgIpc) is 2.74. The Morgan fingerprint density at radius 2 is 2.24 bits per heavy atom. The molecule has 17 heavy (non-hydrogen) atoms. The van der Waals surface area contributed by atoms with Gasteiger partial charge in [0.15, 0.2) is 0 Å². The Kier molecular flexibility index (Phi) is 3.10. The number of aliphatic hydroxyl groups is 1. The number of methoxy groups -OCH3 is 1. The number of hydrogen-bond donors (Lipinski definition) is 1. The van der Waals surface area contributed by atoms with E-state index in [0.29, 0.717) is 17.1 Å². The van der Waals surface area contributed by atoms with Crippen molar-refractivity contribution in [3.63, 3.8) is 0 Å². The second-order valence-electron chi connectivity index (χ2n) is 3.69. The molecule has 0 aliphatic heterocycles. The summed E-state index contributed by atoms with van der Waals surface area (Å²) in [5, 5.41) is 10.2. The third kappa shape index (κ3) is 2.14. The van der Waals surface area contributed by atoms with Crippen molar-refractivity contribution in [1.29, 1.82) is 0 Å². The number of aryl methyl sites for hydroxylation is 1. The van der Waals surface area contributed by atoms with Gasteiger partial charge < -0.3 is 14.4 Å². The molecule has 1 aromatic heterocycles. The van der Waals surface area contributed by atoms with Crippen molar-refractivity contribution in [2.75, 3.05) is 7.11 Å². The van der Waals surface area contributed by atoms with Crippen LogP contribution in [0.4, 0.5) is 4.39 Å². The van der Waals surface area contributed by atoms with Crippen LogP contribution in [-0.2, 0) is 7.05 Å². The minimum absolute atomic E-state index is 0.363. The lowest BCUT2D eigenvalue weighted by molar-refractivity contribution is 0.200. The maximum atomic E-state index is 13.2. The molecule has 0 aliphatic carbocycles. The Hall–Kier alpha value is -1.88. The predicted molar refractivity (Wildman–Crippen MR) is 60.2 cm³/mol. The third-order valence-corrected chi connectivity index (χ3v) is 2.59. The van der Waals surface area contributed by atoms with Gasteiger partial charge >= 0.3 is 0 Å². The third-order valence-electron chi connectivity index (χ3n) is 2.59. The highest BCUT2D eigenvalue weighted by atomic mass is 19.1. The molecular weight excluding hydrogens is 223 g/mol. The Balaban J connectivity index is 2.46. The standard InChI is InChI=1S/C12H13FN2O2/c1-15-6-5-14-12(15)11(16)9-7-8(13)3-4-10(9)17-2/h3-7,11,16H,1-2H3. The smallest absolute Gasteiger partial charge is 0.142 e. The predicted octanol–water partition coefficient (Wildman–Crippen LogP) is 1.65. The fourth-order valence-electron chi connectivity index (χ4n) is 1.70. The molecule has 0 bridgehead atoms. The molecule has 1 aromatic carbocycles. The van der Waals surface area contributed by atoms with Gasteiger partial charge in [-0.2, -0.15) is 0 Å². The lowest BCUT2D eigenvalue weighted by Crippen LogP contribution is -2.08. The molecule has 0 amide bonds. The second kappa shape index (κ2) is 4.55. The summed E-state index contributed by atoms with van der Waals surface area (Å²) in [4.78, 5) is 4.03. The van der Waals surface area contributed by atoms with E-state index >= 15 is 0 Å². The first-order valence-electron chi connectivity index (χ1n) is 5.12. The quantitative estimate of drug-likeness (QED) is 0.881. The second-order valence-corrected chi connectivity index (χ2v) is 3.69. The van der Waals surface area contributed by atoms with Crippen molar-refractivity contribution in [2.24, 2.45) is 7.05 Å². The summed E-state index contributed by atoms with van der Waals surface area (Å²) in [5.41, 5.74) is 0.363. The fourth-order valence-corrected chi connectivity index (χ4v) is 1.70. The van der Waals surface area contributed by atoms with Crippen molar-refractivity contribution in [2.45, 2.75) is 6.10 Å². The summed E-state index contributed by atoms with van der Waals surface area (Å²) in [5.74, 6) is 0.449.